The summed E-state index contributed by atoms with van der Waals surface area (Å²) in [5.74, 6) is 0.542. The number of piperidine rings is 1. The summed E-state index contributed by atoms with van der Waals surface area (Å²) in [7, 11) is -2.66. The lowest BCUT2D eigenvalue weighted by Crippen LogP contribution is -2.38. The topological polar surface area (TPSA) is 119 Å². The van der Waals surface area contributed by atoms with Gasteiger partial charge in [-0.05, 0) is 43.0 Å². The molecule has 0 aliphatic carbocycles. The van der Waals surface area contributed by atoms with E-state index in [-0.39, 0.29) is 33.5 Å². The number of likely N-dealkylation sites (tertiary alicyclic amines) is 1. The Morgan fingerprint density at radius 1 is 1.20 bits per heavy atom. The number of nitro benzene ring substituents is 1. The molecule has 0 bridgehead atoms. The number of anilines is 1. The number of methoxy groups -OCH3 is 1. The summed E-state index contributed by atoms with van der Waals surface area (Å²) in [4.78, 5) is 24.9. The molecule has 9 nitrogen and oxygen atoms in total. The number of hydrogen-bond donors (Lipinski definition) is 1. The first-order valence-corrected chi connectivity index (χ1v) is 10.9. The quantitative estimate of drug-likeness (QED) is 0.552. The van der Waals surface area contributed by atoms with E-state index in [0.717, 1.165) is 18.9 Å². The van der Waals surface area contributed by atoms with Crippen LogP contribution in [0.4, 0.5) is 11.4 Å². The van der Waals surface area contributed by atoms with Crippen molar-refractivity contribution in [2.75, 3.05) is 24.9 Å². The van der Waals surface area contributed by atoms with Crippen LogP contribution in [0.25, 0.3) is 0 Å². The summed E-state index contributed by atoms with van der Waals surface area (Å²) in [5, 5.41) is 10.9. The van der Waals surface area contributed by atoms with Gasteiger partial charge in [-0.2, -0.15) is 0 Å². The maximum absolute atomic E-state index is 13.0. The molecule has 10 heteroatoms. The van der Waals surface area contributed by atoms with Gasteiger partial charge in [0.1, 0.15) is 5.75 Å². The van der Waals surface area contributed by atoms with Gasteiger partial charge in [0, 0.05) is 25.2 Å². The van der Waals surface area contributed by atoms with E-state index in [1.165, 1.54) is 43.5 Å². The second kappa shape index (κ2) is 8.70. The number of rotatable bonds is 6. The Hall–Kier alpha value is -3.14. The highest BCUT2D eigenvalue weighted by Crippen LogP contribution is 2.28. The van der Waals surface area contributed by atoms with Gasteiger partial charge in [0.2, 0.25) is 0 Å². The van der Waals surface area contributed by atoms with Crippen LogP contribution in [-0.4, -0.2) is 44.3 Å². The van der Waals surface area contributed by atoms with Crippen LogP contribution in [0.2, 0.25) is 0 Å². The van der Waals surface area contributed by atoms with Crippen molar-refractivity contribution in [3.05, 3.63) is 58.1 Å². The Balaban J connectivity index is 1.90. The van der Waals surface area contributed by atoms with Gasteiger partial charge >= 0.3 is 0 Å². The van der Waals surface area contributed by atoms with E-state index in [9.17, 15) is 23.3 Å². The second-order valence-corrected chi connectivity index (χ2v) is 8.93. The third kappa shape index (κ3) is 4.70. The monoisotopic (exact) mass is 433 g/mol. The zero-order chi connectivity index (χ0) is 21.9. The molecule has 1 fully saturated rings. The number of carbonyl (C=O) groups is 1. The SMILES string of the molecule is COc1ccc(S(=O)(=O)Nc2cccc([N+](=O)[O-])c2)cc1C(=O)N1CCC(C)CC1. The molecular formula is C20H23N3O6S. The molecule has 0 radical (unpaired) electrons. The lowest BCUT2D eigenvalue weighted by Gasteiger charge is -2.30. The minimum Gasteiger partial charge on any atom is -0.496 e. The summed E-state index contributed by atoms with van der Waals surface area (Å²) in [6.45, 7) is 3.34. The minimum absolute atomic E-state index is 0.0536. The number of benzene rings is 2. The van der Waals surface area contributed by atoms with Crippen LogP contribution in [0.15, 0.2) is 47.4 Å². The molecule has 30 heavy (non-hydrogen) atoms. The molecule has 2 aromatic rings. The van der Waals surface area contributed by atoms with Crippen molar-refractivity contribution < 1.29 is 22.9 Å². The smallest absolute Gasteiger partial charge is 0.271 e. The van der Waals surface area contributed by atoms with Crippen LogP contribution in [0.1, 0.15) is 30.1 Å². The Labute approximate surface area is 174 Å². The molecule has 1 N–H and O–H groups in total. The number of nitro groups is 1. The van der Waals surface area contributed by atoms with Crippen molar-refractivity contribution in [3.63, 3.8) is 0 Å². The lowest BCUT2D eigenvalue weighted by atomic mass is 9.98. The van der Waals surface area contributed by atoms with Gasteiger partial charge in [-0.15, -0.1) is 0 Å². The van der Waals surface area contributed by atoms with Gasteiger partial charge in [0.15, 0.2) is 0 Å². The predicted octanol–water partition coefficient (Wildman–Crippen LogP) is 3.28. The molecule has 2 aromatic carbocycles. The standard InChI is InChI=1S/C20H23N3O6S/c1-14-8-10-22(11-9-14)20(24)18-13-17(6-7-19(18)29-2)30(27,28)21-15-4-3-5-16(12-15)23(25)26/h3-7,12-14,21H,8-11H2,1-2H3. The largest absolute Gasteiger partial charge is 0.496 e. The molecule has 0 saturated carbocycles. The van der Waals surface area contributed by atoms with Gasteiger partial charge in [0.05, 0.1) is 28.2 Å². The van der Waals surface area contributed by atoms with E-state index in [0.29, 0.717) is 19.0 Å². The van der Waals surface area contributed by atoms with Crippen LogP contribution >= 0.6 is 0 Å². The highest BCUT2D eigenvalue weighted by atomic mass is 32.2. The number of sulfonamides is 1. The predicted molar refractivity (Wildman–Crippen MR) is 111 cm³/mol. The van der Waals surface area contributed by atoms with Gasteiger partial charge in [-0.1, -0.05) is 13.0 Å². The Kier molecular flexibility index (Phi) is 6.25. The van der Waals surface area contributed by atoms with Gasteiger partial charge in [0.25, 0.3) is 21.6 Å². The van der Waals surface area contributed by atoms with Gasteiger partial charge in [-0.25, -0.2) is 8.42 Å². The summed E-state index contributed by atoms with van der Waals surface area (Å²) in [5.41, 5.74) is -0.0213. The average molecular weight is 433 g/mol. The van der Waals surface area contributed by atoms with Crippen LogP contribution in [-0.2, 0) is 10.0 Å². The van der Waals surface area contributed by atoms with Gasteiger partial charge in [-0.3, -0.25) is 19.6 Å². The Bertz CT molecular complexity index is 1060. The third-order valence-corrected chi connectivity index (χ3v) is 6.47. The van der Waals surface area contributed by atoms with Crippen LogP contribution < -0.4 is 9.46 Å². The van der Waals surface area contributed by atoms with Crippen molar-refractivity contribution in [1.82, 2.24) is 4.90 Å². The lowest BCUT2D eigenvalue weighted by molar-refractivity contribution is -0.384. The summed E-state index contributed by atoms with van der Waals surface area (Å²) in [6.07, 6.45) is 1.78. The highest BCUT2D eigenvalue weighted by molar-refractivity contribution is 7.92. The van der Waals surface area contributed by atoms with E-state index in [1.807, 2.05) is 0 Å². The van der Waals surface area contributed by atoms with Crippen LogP contribution in [0.5, 0.6) is 5.75 Å². The number of nitrogens with one attached hydrogen (secondary N) is 1. The first kappa shape index (κ1) is 21.6. The number of nitrogens with zero attached hydrogens (tertiary/aromatic N) is 2. The summed E-state index contributed by atoms with van der Waals surface area (Å²) >= 11 is 0. The minimum atomic E-state index is -4.08. The molecule has 1 heterocycles. The van der Waals surface area contributed by atoms with Gasteiger partial charge < -0.3 is 9.64 Å². The summed E-state index contributed by atoms with van der Waals surface area (Å²) in [6, 6.07) is 9.23. The zero-order valence-electron chi connectivity index (χ0n) is 16.7. The molecule has 0 unspecified atom stereocenters. The van der Waals surface area contributed by atoms with Crippen molar-refractivity contribution >= 4 is 27.3 Å². The number of amides is 1. The molecule has 1 aliphatic heterocycles. The maximum atomic E-state index is 13.0. The fourth-order valence-corrected chi connectivity index (χ4v) is 4.38. The molecule has 0 atom stereocenters. The number of hydrogen-bond acceptors (Lipinski definition) is 6. The third-order valence-electron chi connectivity index (χ3n) is 5.09. The molecule has 3 rings (SSSR count). The first-order valence-electron chi connectivity index (χ1n) is 9.46. The number of non-ortho nitro benzene ring substituents is 1. The molecule has 0 aromatic heterocycles. The van der Waals surface area contributed by atoms with E-state index >= 15 is 0 Å². The fraction of sp³-hybridized carbons (Fsp3) is 0.350. The first-order chi connectivity index (χ1) is 14.2. The fourth-order valence-electron chi connectivity index (χ4n) is 3.30. The average Bonchev–Trinajstić information content (AvgIpc) is 2.73. The number of ether oxygens (including phenoxy) is 1. The van der Waals surface area contributed by atoms with E-state index in [4.69, 9.17) is 4.74 Å². The number of carbonyl (C=O) groups excluding carboxylic acids is 1. The Morgan fingerprint density at radius 3 is 2.53 bits per heavy atom. The normalized spacial score (nSPS) is 14.9. The second-order valence-electron chi connectivity index (χ2n) is 7.25. The van der Waals surface area contributed by atoms with Crippen molar-refractivity contribution in [2.24, 2.45) is 5.92 Å². The zero-order valence-corrected chi connectivity index (χ0v) is 17.5. The molecule has 160 valence electrons. The summed E-state index contributed by atoms with van der Waals surface area (Å²) < 4.78 is 33.2. The molecule has 0 spiro atoms. The van der Waals surface area contributed by atoms with E-state index in [2.05, 4.69) is 11.6 Å². The van der Waals surface area contributed by atoms with Crippen molar-refractivity contribution in [2.45, 2.75) is 24.7 Å². The van der Waals surface area contributed by atoms with Crippen LogP contribution in [0.3, 0.4) is 0 Å². The molecular weight excluding hydrogens is 410 g/mol. The highest BCUT2D eigenvalue weighted by Gasteiger charge is 2.26. The van der Waals surface area contributed by atoms with Crippen LogP contribution in [0, 0.1) is 16.0 Å². The molecule has 1 saturated heterocycles. The van der Waals surface area contributed by atoms with Crippen molar-refractivity contribution in [3.8, 4) is 5.75 Å². The van der Waals surface area contributed by atoms with E-state index < -0.39 is 14.9 Å². The van der Waals surface area contributed by atoms with E-state index in [1.54, 1.807) is 4.90 Å². The Morgan fingerprint density at radius 2 is 1.90 bits per heavy atom. The van der Waals surface area contributed by atoms with Crippen molar-refractivity contribution in [1.29, 1.82) is 0 Å². The molecule has 1 amide bonds. The molecule has 1 aliphatic rings. The maximum Gasteiger partial charge on any atom is 0.271 e.